The molecule has 0 bridgehead atoms. The van der Waals surface area contributed by atoms with Crippen molar-refractivity contribution in [1.82, 2.24) is 9.97 Å². The zero-order valence-electron chi connectivity index (χ0n) is 22.2. The predicted octanol–water partition coefficient (Wildman–Crippen LogP) is 10.6. The minimum absolute atomic E-state index is 0.706. The average Bonchev–Trinajstić information content (AvgIpc) is 3.06. The number of halogens is 1. The van der Waals surface area contributed by atoms with Gasteiger partial charge in [-0.2, -0.15) is 0 Å². The molecule has 41 heavy (non-hydrogen) atoms. The summed E-state index contributed by atoms with van der Waals surface area (Å²) in [7, 11) is 0. The first-order valence-electron chi connectivity index (χ1n) is 13.6. The van der Waals surface area contributed by atoms with Crippen LogP contribution in [0.4, 0.5) is 0 Å². The molecule has 0 aliphatic rings. The minimum atomic E-state index is 0.706. The Morgan fingerprint density at radius 3 is 1.44 bits per heavy atom. The summed E-state index contributed by atoms with van der Waals surface area (Å²) in [6.45, 7) is 0. The van der Waals surface area contributed by atoms with E-state index in [0.29, 0.717) is 5.82 Å². The third kappa shape index (κ3) is 5.02. The molecule has 0 spiro atoms. The predicted molar refractivity (Wildman–Crippen MR) is 172 cm³/mol. The topological polar surface area (TPSA) is 25.8 Å². The number of rotatable bonds is 5. The summed E-state index contributed by atoms with van der Waals surface area (Å²) in [5.74, 6) is 0.706. The molecule has 0 saturated carbocycles. The van der Waals surface area contributed by atoms with Gasteiger partial charge in [-0.15, -0.1) is 0 Å². The number of nitrogens with zero attached hydrogens (tertiary/aromatic N) is 2. The highest BCUT2D eigenvalue weighted by Gasteiger charge is 2.12. The Hall–Kier alpha value is -5.05. The van der Waals surface area contributed by atoms with Gasteiger partial charge in [0.25, 0.3) is 0 Å². The maximum absolute atomic E-state index is 6.48. The van der Waals surface area contributed by atoms with Crippen LogP contribution in [-0.4, -0.2) is 9.97 Å². The van der Waals surface area contributed by atoms with Crippen molar-refractivity contribution in [1.29, 1.82) is 0 Å². The molecule has 3 heteroatoms. The molecular formula is C38H25ClN2. The first-order valence-corrected chi connectivity index (χ1v) is 14.0. The van der Waals surface area contributed by atoms with Gasteiger partial charge >= 0.3 is 0 Å². The number of hydrogen-bond acceptors (Lipinski definition) is 2. The van der Waals surface area contributed by atoms with Crippen LogP contribution in [0.5, 0.6) is 0 Å². The Kier molecular flexibility index (Phi) is 6.60. The lowest BCUT2D eigenvalue weighted by molar-refractivity contribution is 1.18. The third-order valence-electron chi connectivity index (χ3n) is 7.41. The monoisotopic (exact) mass is 544 g/mol. The highest BCUT2D eigenvalue weighted by atomic mass is 35.5. The smallest absolute Gasteiger partial charge is 0.160 e. The average molecular weight is 545 g/mol. The van der Waals surface area contributed by atoms with Crippen molar-refractivity contribution in [2.75, 3.05) is 0 Å². The maximum Gasteiger partial charge on any atom is 0.160 e. The van der Waals surface area contributed by atoms with E-state index in [1.54, 1.807) is 0 Å². The Bertz CT molecular complexity index is 1970. The first kappa shape index (κ1) is 25.0. The number of hydrogen-bond donors (Lipinski definition) is 0. The lowest BCUT2D eigenvalue weighted by atomic mass is 9.96. The van der Waals surface area contributed by atoms with Crippen LogP contribution in [0, 0.1) is 0 Å². The van der Waals surface area contributed by atoms with E-state index in [9.17, 15) is 0 Å². The van der Waals surface area contributed by atoms with Gasteiger partial charge in [0.1, 0.15) is 0 Å². The van der Waals surface area contributed by atoms with Crippen LogP contribution in [0.25, 0.3) is 66.9 Å². The molecule has 0 N–H and O–H groups in total. The minimum Gasteiger partial charge on any atom is -0.228 e. The Labute approximate surface area is 244 Å². The quantitative estimate of drug-likeness (QED) is 0.215. The van der Waals surface area contributed by atoms with Crippen LogP contribution in [-0.2, 0) is 0 Å². The van der Waals surface area contributed by atoms with Crippen LogP contribution >= 0.6 is 11.6 Å². The largest absolute Gasteiger partial charge is 0.228 e. The molecule has 0 saturated heterocycles. The Morgan fingerprint density at radius 2 is 0.829 bits per heavy atom. The fourth-order valence-electron chi connectivity index (χ4n) is 5.26. The second-order valence-corrected chi connectivity index (χ2v) is 10.4. The second kappa shape index (κ2) is 10.8. The summed E-state index contributed by atoms with van der Waals surface area (Å²) >= 11 is 6.48. The van der Waals surface area contributed by atoms with Crippen LogP contribution < -0.4 is 0 Å². The number of benzene rings is 6. The molecule has 0 aliphatic carbocycles. The van der Waals surface area contributed by atoms with Crippen molar-refractivity contribution in [2.24, 2.45) is 0 Å². The normalized spacial score (nSPS) is 11.0. The van der Waals surface area contributed by atoms with Gasteiger partial charge in [0.15, 0.2) is 5.82 Å². The summed E-state index contributed by atoms with van der Waals surface area (Å²) in [5.41, 5.74) is 9.51. The zero-order valence-corrected chi connectivity index (χ0v) is 23.0. The molecule has 194 valence electrons. The van der Waals surface area contributed by atoms with Gasteiger partial charge in [0.2, 0.25) is 0 Å². The van der Waals surface area contributed by atoms with Crippen LogP contribution in [0.15, 0.2) is 152 Å². The van der Waals surface area contributed by atoms with Crippen molar-refractivity contribution in [2.45, 2.75) is 0 Å². The fraction of sp³-hybridized carbons (Fsp3) is 0. The van der Waals surface area contributed by atoms with Crippen molar-refractivity contribution < 1.29 is 0 Å². The second-order valence-electron chi connectivity index (χ2n) is 9.99. The van der Waals surface area contributed by atoms with Crippen molar-refractivity contribution in [3.05, 3.63) is 157 Å². The zero-order chi connectivity index (χ0) is 27.6. The Balaban J connectivity index is 1.29. The number of aromatic nitrogens is 2. The molecular weight excluding hydrogens is 520 g/mol. The van der Waals surface area contributed by atoms with Gasteiger partial charge in [-0.25, -0.2) is 9.97 Å². The molecule has 0 aliphatic heterocycles. The van der Waals surface area contributed by atoms with Gasteiger partial charge in [0, 0.05) is 27.1 Å². The van der Waals surface area contributed by atoms with E-state index in [1.807, 2.05) is 36.4 Å². The van der Waals surface area contributed by atoms with Gasteiger partial charge in [-0.05, 0) is 39.8 Å². The molecule has 1 heterocycles. The SMILES string of the molecule is Clc1ccc(-c2ccc(-c3cc(-c4ccc(-c5ccccc5)cc4)nc(-c4ccccc4)n3)cc2)c2ccccc12. The lowest BCUT2D eigenvalue weighted by Crippen LogP contribution is -1.96. The first-order chi connectivity index (χ1) is 20.2. The number of fused-ring (bicyclic) bond motifs is 1. The van der Waals surface area contributed by atoms with Gasteiger partial charge in [-0.1, -0.05) is 151 Å². The van der Waals surface area contributed by atoms with E-state index in [4.69, 9.17) is 21.6 Å². The highest BCUT2D eigenvalue weighted by Crippen LogP contribution is 2.35. The molecule has 0 amide bonds. The molecule has 0 atom stereocenters. The summed E-state index contributed by atoms with van der Waals surface area (Å²) < 4.78 is 0. The van der Waals surface area contributed by atoms with Gasteiger partial charge in [0.05, 0.1) is 11.4 Å². The van der Waals surface area contributed by atoms with Crippen molar-refractivity contribution in [3.8, 4) is 56.2 Å². The van der Waals surface area contributed by atoms with E-state index in [-0.39, 0.29) is 0 Å². The maximum atomic E-state index is 6.48. The fourth-order valence-corrected chi connectivity index (χ4v) is 5.49. The lowest BCUT2D eigenvalue weighted by Gasteiger charge is -2.12. The molecule has 6 aromatic carbocycles. The molecule has 0 radical (unpaired) electrons. The van der Waals surface area contributed by atoms with E-state index < -0.39 is 0 Å². The van der Waals surface area contributed by atoms with Crippen LogP contribution in [0.2, 0.25) is 5.02 Å². The molecule has 0 fully saturated rings. The van der Waals surface area contributed by atoms with Crippen molar-refractivity contribution in [3.63, 3.8) is 0 Å². The van der Waals surface area contributed by atoms with Gasteiger partial charge < -0.3 is 0 Å². The van der Waals surface area contributed by atoms with E-state index >= 15 is 0 Å². The molecule has 7 aromatic rings. The van der Waals surface area contributed by atoms with Crippen LogP contribution in [0.3, 0.4) is 0 Å². The van der Waals surface area contributed by atoms with Crippen molar-refractivity contribution >= 4 is 22.4 Å². The molecule has 7 rings (SSSR count). The van der Waals surface area contributed by atoms with Crippen LogP contribution in [0.1, 0.15) is 0 Å². The molecule has 1 aromatic heterocycles. The summed E-state index contributed by atoms with van der Waals surface area (Å²) in [4.78, 5) is 9.99. The Morgan fingerprint density at radius 1 is 0.366 bits per heavy atom. The third-order valence-corrected chi connectivity index (χ3v) is 7.74. The van der Waals surface area contributed by atoms with E-state index in [0.717, 1.165) is 55.0 Å². The molecule has 2 nitrogen and oxygen atoms in total. The van der Waals surface area contributed by atoms with E-state index in [2.05, 4.69) is 115 Å². The summed E-state index contributed by atoms with van der Waals surface area (Å²) in [5, 5.41) is 2.96. The highest BCUT2D eigenvalue weighted by molar-refractivity contribution is 6.36. The molecule has 0 unspecified atom stereocenters. The standard InChI is InChI=1S/C38H25ClN2/c39-35-24-23-32(33-13-7-8-14-34(33)35)28-17-21-30(22-18-28)37-25-36(40-38(41-37)31-11-5-2-6-12-31)29-19-15-27(16-20-29)26-9-3-1-4-10-26/h1-25H. The van der Waals surface area contributed by atoms with Gasteiger partial charge in [-0.3, -0.25) is 0 Å². The summed E-state index contributed by atoms with van der Waals surface area (Å²) in [6.07, 6.45) is 0. The summed E-state index contributed by atoms with van der Waals surface area (Å²) in [6, 6.07) is 52.1. The van der Waals surface area contributed by atoms with E-state index in [1.165, 1.54) is 11.1 Å².